The molecule has 100 valence electrons. The van der Waals surface area contributed by atoms with Gasteiger partial charge in [0.2, 0.25) is 0 Å². The average Bonchev–Trinajstić information content (AvgIpc) is 2.89. The standard InChI is InChI=1S/C16H20N2O/c1-11-6-7-12(2)18(10-11)16(19)14-4-3-5-15-13(14)8-9-17-15/h3-5,8-9,11-12,17H,6-7,10H2,1-2H3. The van der Waals surface area contributed by atoms with Crippen molar-refractivity contribution in [1.29, 1.82) is 0 Å². The van der Waals surface area contributed by atoms with Crippen LogP contribution in [0.4, 0.5) is 0 Å². The smallest absolute Gasteiger partial charge is 0.254 e. The lowest BCUT2D eigenvalue weighted by atomic mass is 9.94. The average molecular weight is 256 g/mol. The molecule has 2 atom stereocenters. The van der Waals surface area contributed by atoms with E-state index in [2.05, 4.69) is 18.8 Å². The molecule has 1 saturated heterocycles. The lowest BCUT2D eigenvalue weighted by Gasteiger charge is -2.37. The molecular weight excluding hydrogens is 236 g/mol. The lowest BCUT2D eigenvalue weighted by Crippen LogP contribution is -2.44. The van der Waals surface area contributed by atoms with Crippen molar-refractivity contribution in [2.45, 2.75) is 32.7 Å². The largest absolute Gasteiger partial charge is 0.361 e. The van der Waals surface area contributed by atoms with Crippen molar-refractivity contribution in [3.63, 3.8) is 0 Å². The third-order valence-corrected chi connectivity index (χ3v) is 4.20. The number of amides is 1. The fraction of sp³-hybridized carbons (Fsp3) is 0.438. The third kappa shape index (κ3) is 2.14. The van der Waals surface area contributed by atoms with Crippen molar-refractivity contribution in [3.05, 3.63) is 36.0 Å². The first-order chi connectivity index (χ1) is 9.16. The Morgan fingerprint density at radius 1 is 1.26 bits per heavy atom. The second kappa shape index (κ2) is 4.72. The lowest BCUT2D eigenvalue weighted by molar-refractivity contribution is 0.0576. The summed E-state index contributed by atoms with van der Waals surface area (Å²) in [7, 11) is 0. The molecule has 3 heteroatoms. The predicted molar refractivity (Wildman–Crippen MR) is 77.2 cm³/mol. The van der Waals surface area contributed by atoms with Gasteiger partial charge in [-0.15, -0.1) is 0 Å². The number of piperidine rings is 1. The molecule has 1 aromatic heterocycles. The van der Waals surface area contributed by atoms with Crippen LogP contribution >= 0.6 is 0 Å². The number of carbonyl (C=O) groups is 1. The summed E-state index contributed by atoms with van der Waals surface area (Å²) in [5, 5.41) is 1.03. The molecule has 2 heterocycles. The minimum Gasteiger partial charge on any atom is -0.361 e. The van der Waals surface area contributed by atoms with Gasteiger partial charge >= 0.3 is 0 Å². The molecule has 1 N–H and O–H groups in total. The van der Waals surface area contributed by atoms with Gasteiger partial charge in [0.1, 0.15) is 0 Å². The Hall–Kier alpha value is -1.77. The Bertz CT molecular complexity index is 602. The van der Waals surface area contributed by atoms with Gasteiger partial charge in [0.25, 0.3) is 5.91 Å². The van der Waals surface area contributed by atoms with Gasteiger partial charge in [-0.05, 0) is 43.9 Å². The van der Waals surface area contributed by atoms with Gasteiger partial charge in [-0.2, -0.15) is 0 Å². The van der Waals surface area contributed by atoms with E-state index in [1.807, 2.05) is 35.4 Å². The molecule has 2 unspecified atom stereocenters. The molecule has 1 aliphatic rings. The van der Waals surface area contributed by atoms with Gasteiger partial charge < -0.3 is 9.88 Å². The Morgan fingerprint density at radius 3 is 2.95 bits per heavy atom. The number of benzene rings is 1. The molecule has 0 bridgehead atoms. The van der Waals surface area contributed by atoms with E-state index in [4.69, 9.17) is 0 Å². The first-order valence-electron chi connectivity index (χ1n) is 7.04. The summed E-state index contributed by atoms with van der Waals surface area (Å²) < 4.78 is 0. The first kappa shape index (κ1) is 12.3. The molecule has 1 aliphatic heterocycles. The fourth-order valence-electron chi connectivity index (χ4n) is 3.00. The zero-order chi connectivity index (χ0) is 13.4. The van der Waals surface area contributed by atoms with E-state index in [1.54, 1.807) is 0 Å². The van der Waals surface area contributed by atoms with Crippen molar-refractivity contribution in [3.8, 4) is 0 Å². The van der Waals surface area contributed by atoms with Crippen LogP contribution in [0.5, 0.6) is 0 Å². The number of fused-ring (bicyclic) bond motifs is 1. The molecule has 1 fully saturated rings. The van der Waals surface area contributed by atoms with Crippen LogP contribution in [0.2, 0.25) is 0 Å². The number of hydrogen-bond donors (Lipinski definition) is 1. The van der Waals surface area contributed by atoms with E-state index in [1.165, 1.54) is 6.42 Å². The molecule has 19 heavy (non-hydrogen) atoms. The van der Waals surface area contributed by atoms with Crippen molar-refractivity contribution in [2.24, 2.45) is 5.92 Å². The fourth-order valence-corrected chi connectivity index (χ4v) is 3.00. The van der Waals surface area contributed by atoms with Gasteiger partial charge in [-0.3, -0.25) is 4.79 Å². The van der Waals surface area contributed by atoms with Crippen molar-refractivity contribution in [2.75, 3.05) is 6.54 Å². The summed E-state index contributed by atoms with van der Waals surface area (Å²) in [5.74, 6) is 0.773. The number of aromatic amines is 1. The molecule has 1 amide bonds. The van der Waals surface area contributed by atoms with E-state index in [0.29, 0.717) is 12.0 Å². The van der Waals surface area contributed by atoms with E-state index in [9.17, 15) is 4.79 Å². The number of aromatic nitrogens is 1. The Balaban J connectivity index is 1.97. The SMILES string of the molecule is CC1CCC(C)N(C(=O)c2cccc3[nH]ccc23)C1. The van der Waals surface area contributed by atoms with Crippen LogP contribution in [0.3, 0.4) is 0 Å². The molecule has 0 aliphatic carbocycles. The van der Waals surface area contributed by atoms with E-state index in [0.717, 1.165) is 29.4 Å². The van der Waals surface area contributed by atoms with Crippen LogP contribution in [0, 0.1) is 5.92 Å². The Labute approximate surface area is 113 Å². The first-order valence-corrected chi connectivity index (χ1v) is 7.04. The minimum absolute atomic E-state index is 0.171. The maximum Gasteiger partial charge on any atom is 0.254 e. The van der Waals surface area contributed by atoms with E-state index in [-0.39, 0.29) is 5.91 Å². The molecule has 0 radical (unpaired) electrons. The molecule has 0 saturated carbocycles. The molecule has 3 nitrogen and oxygen atoms in total. The van der Waals surface area contributed by atoms with Gasteiger partial charge in [-0.25, -0.2) is 0 Å². The number of hydrogen-bond acceptors (Lipinski definition) is 1. The van der Waals surface area contributed by atoms with Crippen LogP contribution in [-0.4, -0.2) is 28.4 Å². The summed E-state index contributed by atoms with van der Waals surface area (Å²) in [6.45, 7) is 5.25. The quantitative estimate of drug-likeness (QED) is 0.833. The van der Waals surface area contributed by atoms with E-state index < -0.39 is 0 Å². The summed E-state index contributed by atoms with van der Waals surface area (Å²) in [6.07, 6.45) is 4.22. The number of rotatable bonds is 1. The number of likely N-dealkylation sites (tertiary alicyclic amines) is 1. The Morgan fingerprint density at radius 2 is 2.11 bits per heavy atom. The zero-order valence-electron chi connectivity index (χ0n) is 11.5. The minimum atomic E-state index is 0.171. The molecule has 3 rings (SSSR count). The number of nitrogens with zero attached hydrogens (tertiary/aromatic N) is 1. The second-order valence-electron chi connectivity index (χ2n) is 5.73. The van der Waals surface area contributed by atoms with Gasteiger partial charge in [-0.1, -0.05) is 13.0 Å². The summed E-state index contributed by atoms with van der Waals surface area (Å²) in [6, 6.07) is 8.22. The maximum atomic E-state index is 12.8. The second-order valence-corrected chi connectivity index (χ2v) is 5.73. The summed E-state index contributed by atoms with van der Waals surface area (Å²) >= 11 is 0. The van der Waals surface area contributed by atoms with Crippen molar-refractivity contribution in [1.82, 2.24) is 9.88 Å². The summed E-state index contributed by atoms with van der Waals surface area (Å²) in [4.78, 5) is 18.0. The number of carbonyl (C=O) groups excluding carboxylic acids is 1. The van der Waals surface area contributed by atoms with Crippen LogP contribution < -0.4 is 0 Å². The van der Waals surface area contributed by atoms with Crippen LogP contribution in [-0.2, 0) is 0 Å². The molecular formula is C16H20N2O. The monoisotopic (exact) mass is 256 g/mol. The highest BCUT2D eigenvalue weighted by atomic mass is 16.2. The molecule has 2 aromatic rings. The van der Waals surface area contributed by atoms with Gasteiger partial charge in [0.15, 0.2) is 0 Å². The van der Waals surface area contributed by atoms with Gasteiger partial charge in [0.05, 0.1) is 0 Å². The Kier molecular flexibility index (Phi) is 3.05. The van der Waals surface area contributed by atoms with Gasteiger partial charge in [0, 0.05) is 35.2 Å². The highest BCUT2D eigenvalue weighted by molar-refractivity contribution is 6.06. The van der Waals surface area contributed by atoms with Crippen LogP contribution in [0.25, 0.3) is 10.9 Å². The zero-order valence-corrected chi connectivity index (χ0v) is 11.5. The number of nitrogens with one attached hydrogen (secondary N) is 1. The predicted octanol–water partition coefficient (Wildman–Crippen LogP) is 3.43. The van der Waals surface area contributed by atoms with Crippen molar-refractivity contribution >= 4 is 16.8 Å². The highest BCUT2D eigenvalue weighted by Gasteiger charge is 2.28. The number of H-pyrrole nitrogens is 1. The van der Waals surface area contributed by atoms with Crippen LogP contribution in [0.15, 0.2) is 30.5 Å². The maximum absolute atomic E-state index is 12.8. The van der Waals surface area contributed by atoms with Crippen molar-refractivity contribution < 1.29 is 4.79 Å². The highest BCUT2D eigenvalue weighted by Crippen LogP contribution is 2.25. The molecule has 0 spiro atoms. The normalized spacial score (nSPS) is 23.8. The van der Waals surface area contributed by atoms with E-state index >= 15 is 0 Å². The summed E-state index contributed by atoms with van der Waals surface area (Å²) in [5.41, 5.74) is 1.85. The topological polar surface area (TPSA) is 36.1 Å². The third-order valence-electron chi connectivity index (χ3n) is 4.20. The van der Waals surface area contributed by atoms with Crippen LogP contribution in [0.1, 0.15) is 37.0 Å². The molecule has 1 aromatic carbocycles.